The van der Waals surface area contributed by atoms with Gasteiger partial charge in [0.1, 0.15) is 0 Å². The fourth-order valence-corrected chi connectivity index (χ4v) is 2.44. The standard InChI is InChI=1S/C12H24N2O/c15-8-2-7-14-6-1-3-11(10-14)9-13-12-4-5-12/h11-13,15H,1-10H2. The van der Waals surface area contributed by atoms with E-state index in [1.165, 1.54) is 45.3 Å². The van der Waals surface area contributed by atoms with Crippen LogP contribution in [0.5, 0.6) is 0 Å². The molecule has 1 atom stereocenters. The molecule has 2 rings (SSSR count). The second-order valence-electron chi connectivity index (χ2n) is 5.07. The normalized spacial score (nSPS) is 28.2. The highest BCUT2D eigenvalue weighted by Gasteiger charge is 2.24. The molecule has 1 saturated heterocycles. The van der Waals surface area contributed by atoms with E-state index in [4.69, 9.17) is 5.11 Å². The molecule has 2 fully saturated rings. The zero-order chi connectivity index (χ0) is 10.5. The van der Waals surface area contributed by atoms with Crippen molar-refractivity contribution in [1.29, 1.82) is 0 Å². The van der Waals surface area contributed by atoms with Gasteiger partial charge in [-0.25, -0.2) is 0 Å². The first-order valence-corrected chi connectivity index (χ1v) is 6.45. The van der Waals surface area contributed by atoms with Crippen molar-refractivity contribution in [2.24, 2.45) is 5.92 Å². The van der Waals surface area contributed by atoms with E-state index < -0.39 is 0 Å². The summed E-state index contributed by atoms with van der Waals surface area (Å²) >= 11 is 0. The number of piperidine rings is 1. The monoisotopic (exact) mass is 212 g/mol. The van der Waals surface area contributed by atoms with E-state index in [1.54, 1.807) is 0 Å². The summed E-state index contributed by atoms with van der Waals surface area (Å²) < 4.78 is 0. The zero-order valence-electron chi connectivity index (χ0n) is 9.62. The van der Waals surface area contributed by atoms with Gasteiger partial charge in [0.15, 0.2) is 0 Å². The van der Waals surface area contributed by atoms with Crippen LogP contribution >= 0.6 is 0 Å². The molecule has 0 aromatic rings. The van der Waals surface area contributed by atoms with Crippen molar-refractivity contribution in [1.82, 2.24) is 10.2 Å². The van der Waals surface area contributed by atoms with Gasteiger partial charge in [0.2, 0.25) is 0 Å². The summed E-state index contributed by atoms with van der Waals surface area (Å²) in [7, 11) is 0. The van der Waals surface area contributed by atoms with Crippen LogP contribution in [0.25, 0.3) is 0 Å². The molecule has 0 aromatic carbocycles. The lowest BCUT2D eigenvalue weighted by atomic mass is 9.98. The van der Waals surface area contributed by atoms with Gasteiger partial charge in [0, 0.05) is 25.7 Å². The number of nitrogens with one attached hydrogen (secondary N) is 1. The Labute approximate surface area is 92.8 Å². The molecule has 1 unspecified atom stereocenters. The first-order chi connectivity index (χ1) is 7.38. The molecule has 3 heteroatoms. The Balaban J connectivity index is 1.61. The Morgan fingerprint density at radius 1 is 1.27 bits per heavy atom. The highest BCUT2D eigenvalue weighted by Crippen LogP contribution is 2.21. The van der Waals surface area contributed by atoms with Gasteiger partial charge in [-0.2, -0.15) is 0 Å². The maximum atomic E-state index is 8.81. The summed E-state index contributed by atoms with van der Waals surface area (Å²) in [5.41, 5.74) is 0. The van der Waals surface area contributed by atoms with Crippen molar-refractivity contribution in [3.63, 3.8) is 0 Å². The smallest absolute Gasteiger partial charge is 0.0443 e. The third kappa shape index (κ3) is 4.09. The number of nitrogens with zero attached hydrogens (tertiary/aromatic N) is 1. The molecule has 0 aromatic heterocycles. The van der Waals surface area contributed by atoms with E-state index in [-0.39, 0.29) is 0 Å². The SMILES string of the molecule is OCCCN1CCCC(CNC2CC2)C1. The van der Waals surface area contributed by atoms with Gasteiger partial charge >= 0.3 is 0 Å². The van der Waals surface area contributed by atoms with Crippen molar-refractivity contribution in [3.8, 4) is 0 Å². The quantitative estimate of drug-likeness (QED) is 0.684. The average molecular weight is 212 g/mol. The van der Waals surface area contributed by atoms with Crippen LogP contribution in [0.15, 0.2) is 0 Å². The minimum Gasteiger partial charge on any atom is -0.396 e. The maximum absolute atomic E-state index is 8.81. The van der Waals surface area contributed by atoms with Gasteiger partial charge in [-0.1, -0.05) is 0 Å². The van der Waals surface area contributed by atoms with E-state index >= 15 is 0 Å². The van der Waals surface area contributed by atoms with Crippen molar-refractivity contribution in [3.05, 3.63) is 0 Å². The van der Waals surface area contributed by atoms with Gasteiger partial charge < -0.3 is 15.3 Å². The third-order valence-corrected chi connectivity index (χ3v) is 3.51. The largest absolute Gasteiger partial charge is 0.396 e. The van der Waals surface area contributed by atoms with Crippen LogP contribution in [0.3, 0.4) is 0 Å². The molecule has 0 radical (unpaired) electrons. The molecule has 2 N–H and O–H groups in total. The predicted molar refractivity (Wildman–Crippen MR) is 61.9 cm³/mol. The highest BCUT2D eigenvalue weighted by molar-refractivity contribution is 4.83. The van der Waals surface area contributed by atoms with Crippen LogP contribution in [0.1, 0.15) is 32.1 Å². The molecule has 1 heterocycles. The van der Waals surface area contributed by atoms with Crippen molar-refractivity contribution in [2.75, 3.05) is 32.8 Å². The number of hydrogen-bond donors (Lipinski definition) is 2. The number of aliphatic hydroxyl groups is 1. The van der Waals surface area contributed by atoms with Crippen LogP contribution in [-0.2, 0) is 0 Å². The fraction of sp³-hybridized carbons (Fsp3) is 1.00. The Bertz CT molecular complexity index is 182. The number of rotatable bonds is 6. The Hall–Kier alpha value is -0.120. The Morgan fingerprint density at radius 2 is 2.13 bits per heavy atom. The van der Waals surface area contributed by atoms with Gasteiger partial charge in [0.05, 0.1) is 0 Å². The molecular formula is C12H24N2O. The van der Waals surface area contributed by atoms with Crippen molar-refractivity contribution >= 4 is 0 Å². The fourth-order valence-electron chi connectivity index (χ4n) is 2.44. The molecule has 2 aliphatic rings. The number of likely N-dealkylation sites (tertiary alicyclic amines) is 1. The van der Waals surface area contributed by atoms with E-state index in [0.29, 0.717) is 6.61 Å². The second kappa shape index (κ2) is 5.83. The summed E-state index contributed by atoms with van der Waals surface area (Å²) in [5.74, 6) is 0.845. The molecule has 0 amide bonds. The van der Waals surface area contributed by atoms with Gasteiger partial charge in [0.25, 0.3) is 0 Å². The van der Waals surface area contributed by atoms with Gasteiger partial charge in [-0.3, -0.25) is 0 Å². The summed E-state index contributed by atoms with van der Waals surface area (Å²) in [6.07, 6.45) is 6.43. The Kier molecular flexibility index (Phi) is 4.42. The number of aliphatic hydroxyl groups excluding tert-OH is 1. The lowest BCUT2D eigenvalue weighted by Crippen LogP contribution is -2.40. The molecule has 0 bridgehead atoms. The highest BCUT2D eigenvalue weighted by atomic mass is 16.3. The van der Waals surface area contributed by atoms with Crippen LogP contribution in [0.4, 0.5) is 0 Å². The molecule has 88 valence electrons. The second-order valence-corrected chi connectivity index (χ2v) is 5.07. The van der Waals surface area contributed by atoms with Crippen LogP contribution in [0.2, 0.25) is 0 Å². The van der Waals surface area contributed by atoms with E-state index in [0.717, 1.165) is 24.9 Å². The number of hydrogen-bond acceptors (Lipinski definition) is 3. The van der Waals surface area contributed by atoms with Gasteiger partial charge in [-0.05, 0) is 51.1 Å². The molecule has 1 aliphatic carbocycles. The first-order valence-electron chi connectivity index (χ1n) is 6.45. The lowest BCUT2D eigenvalue weighted by Gasteiger charge is -2.32. The molecular weight excluding hydrogens is 188 g/mol. The molecule has 15 heavy (non-hydrogen) atoms. The summed E-state index contributed by atoms with van der Waals surface area (Å²) in [4.78, 5) is 2.51. The van der Waals surface area contributed by atoms with E-state index in [9.17, 15) is 0 Å². The van der Waals surface area contributed by atoms with E-state index in [1.807, 2.05) is 0 Å². The average Bonchev–Trinajstić information content (AvgIpc) is 3.08. The van der Waals surface area contributed by atoms with Crippen molar-refractivity contribution < 1.29 is 5.11 Å². The van der Waals surface area contributed by atoms with Gasteiger partial charge in [-0.15, -0.1) is 0 Å². The van der Waals surface area contributed by atoms with Crippen LogP contribution in [-0.4, -0.2) is 48.8 Å². The molecule has 0 spiro atoms. The molecule has 3 nitrogen and oxygen atoms in total. The van der Waals surface area contributed by atoms with E-state index in [2.05, 4.69) is 10.2 Å². The predicted octanol–water partition coefficient (Wildman–Crippen LogP) is 0.833. The third-order valence-electron chi connectivity index (χ3n) is 3.51. The zero-order valence-corrected chi connectivity index (χ0v) is 9.62. The minimum atomic E-state index is 0.335. The minimum absolute atomic E-state index is 0.335. The summed E-state index contributed by atoms with van der Waals surface area (Å²) in [6, 6.07) is 0.845. The lowest BCUT2D eigenvalue weighted by molar-refractivity contribution is 0.157. The topological polar surface area (TPSA) is 35.5 Å². The summed E-state index contributed by atoms with van der Waals surface area (Å²) in [5, 5.41) is 12.4. The van der Waals surface area contributed by atoms with Crippen LogP contribution < -0.4 is 5.32 Å². The summed E-state index contributed by atoms with van der Waals surface area (Å²) in [6.45, 7) is 5.10. The maximum Gasteiger partial charge on any atom is 0.0443 e. The van der Waals surface area contributed by atoms with Crippen LogP contribution in [0, 0.1) is 5.92 Å². The first kappa shape index (κ1) is 11.4. The Morgan fingerprint density at radius 3 is 2.87 bits per heavy atom. The molecule has 1 aliphatic heterocycles. The molecule has 1 saturated carbocycles. The van der Waals surface area contributed by atoms with Crippen molar-refractivity contribution in [2.45, 2.75) is 38.1 Å².